The van der Waals surface area contributed by atoms with Gasteiger partial charge in [-0.15, -0.1) is 0 Å². The molecule has 0 unspecified atom stereocenters. The Morgan fingerprint density at radius 1 is 1.16 bits per heavy atom. The Hall–Kier alpha value is -1.59. The van der Waals surface area contributed by atoms with E-state index >= 15 is 0 Å². The Kier molecular flexibility index (Phi) is 6.32. The topological polar surface area (TPSA) is 80.0 Å². The van der Waals surface area contributed by atoms with Crippen LogP contribution in [0, 0.1) is 5.92 Å². The van der Waals surface area contributed by atoms with Crippen molar-refractivity contribution < 1.29 is 0 Å². The Morgan fingerprint density at radius 3 is 2.42 bits per heavy atom. The lowest BCUT2D eigenvalue weighted by Crippen LogP contribution is -2.25. The summed E-state index contributed by atoms with van der Waals surface area (Å²) in [5.41, 5.74) is 5.73. The summed E-state index contributed by atoms with van der Waals surface area (Å²) in [4.78, 5) is 14.8. The van der Waals surface area contributed by atoms with E-state index in [0.29, 0.717) is 11.9 Å². The number of rotatable bonds is 8. The number of hydrogen-bond donors (Lipinski definition) is 2. The standard InChI is InChI=1S/C13H26N6/c1-5-19(6-2)13-17-11(14)16-12(18-13)15-9-7-8-10(3)4/h10H,5-9H2,1-4H3,(H3,14,15,16,17,18). The first-order chi connectivity index (χ1) is 9.06. The molecule has 1 heterocycles. The van der Waals surface area contributed by atoms with E-state index in [0.717, 1.165) is 32.0 Å². The average Bonchev–Trinajstić information content (AvgIpc) is 2.35. The SMILES string of the molecule is CCN(CC)c1nc(N)nc(NCCCC(C)C)n1. The van der Waals surface area contributed by atoms with Crippen LogP contribution in [0.3, 0.4) is 0 Å². The van der Waals surface area contributed by atoms with Crippen LogP contribution in [0.2, 0.25) is 0 Å². The van der Waals surface area contributed by atoms with Crippen molar-refractivity contribution in [2.24, 2.45) is 5.92 Å². The van der Waals surface area contributed by atoms with Gasteiger partial charge in [-0.25, -0.2) is 0 Å². The molecule has 0 fully saturated rings. The lowest BCUT2D eigenvalue weighted by molar-refractivity contribution is 0.566. The summed E-state index contributed by atoms with van der Waals surface area (Å²) >= 11 is 0. The highest BCUT2D eigenvalue weighted by Crippen LogP contribution is 2.12. The molecule has 1 aromatic heterocycles. The molecule has 19 heavy (non-hydrogen) atoms. The Labute approximate surface area is 115 Å². The van der Waals surface area contributed by atoms with Gasteiger partial charge in [0.1, 0.15) is 0 Å². The summed E-state index contributed by atoms with van der Waals surface area (Å²) in [6.07, 6.45) is 2.29. The van der Waals surface area contributed by atoms with E-state index in [1.54, 1.807) is 0 Å². The highest BCUT2D eigenvalue weighted by Gasteiger charge is 2.09. The molecule has 0 bridgehead atoms. The minimum atomic E-state index is 0.267. The zero-order valence-electron chi connectivity index (χ0n) is 12.5. The highest BCUT2D eigenvalue weighted by molar-refractivity contribution is 5.41. The van der Waals surface area contributed by atoms with Gasteiger partial charge in [0.15, 0.2) is 0 Å². The van der Waals surface area contributed by atoms with Crippen LogP contribution < -0.4 is 16.0 Å². The second-order valence-electron chi connectivity index (χ2n) is 4.95. The maximum Gasteiger partial charge on any atom is 0.231 e. The van der Waals surface area contributed by atoms with E-state index in [9.17, 15) is 0 Å². The van der Waals surface area contributed by atoms with Gasteiger partial charge >= 0.3 is 0 Å². The van der Waals surface area contributed by atoms with E-state index in [1.807, 2.05) is 0 Å². The summed E-state index contributed by atoms with van der Waals surface area (Å²) in [6, 6.07) is 0. The fraction of sp³-hybridized carbons (Fsp3) is 0.769. The molecule has 6 nitrogen and oxygen atoms in total. The lowest BCUT2D eigenvalue weighted by Gasteiger charge is -2.19. The van der Waals surface area contributed by atoms with Crippen LogP contribution >= 0.6 is 0 Å². The van der Waals surface area contributed by atoms with E-state index in [-0.39, 0.29) is 5.95 Å². The molecule has 1 rings (SSSR count). The first-order valence-electron chi connectivity index (χ1n) is 7.07. The van der Waals surface area contributed by atoms with Crippen molar-refractivity contribution in [2.45, 2.75) is 40.5 Å². The summed E-state index contributed by atoms with van der Waals surface area (Å²) in [5, 5.41) is 3.22. The average molecular weight is 266 g/mol. The van der Waals surface area contributed by atoms with Crippen molar-refractivity contribution in [3.8, 4) is 0 Å². The molecular weight excluding hydrogens is 240 g/mol. The van der Waals surface area contributed by atoms with Crippen LogP contribution in [0.1, 0.15) is 40.5 Å². The number of aromatic nitrogens is 3. The predicted molar refractivity (Wildman–Crippen MR) is 80.4 cm³/mol. The van der Waals surface area contributed by atoms with Gasteiger partial charge in [0, 0.05) is 19.6 Å². The minimum Gasteiger partial charge on any atom is -0.368 e. The fourth-order valence-corrected chi connectivity index (χ4v) is 1.82. The van der Waals surface area contributed by atoms with Gasteiger partial charge in [0.25, 0.3) is 0 Å². The number of anilines is 3. The molecule has 0 aliphatic heterocycles. The van der Waals surface area contributed by atoms with E-state index < -0.39 is 0 Å². The highest BCUT2D eigenvalue weighted by atomic mass is 15.3. The van der Waals surface area contributed by atoms with Crippen LogP contribution in [0.25, 0.3) is 0 Å². The van der Waals surface area contributed by atoms with Gasteiger partial charge in [-0.1, -0.05) is 13.8 Å². The molecule has 0 saturated carbocycles. The Morgan fingerprint density at radius 2 is 1.84 bits per heavy atom. The number of nitrogens with zero attached hydrogens (tertiary/aromatic N) is 4. The molecular formula is C13H26N6. The number of nitrogens with two attached hydrogens (primary N) is 1. The molecule has 0 aromatic carbocycles. The van der Waals surface area contributed by atoms with Crippen molar-refractivity contribution in [3.05, 3.63) is 0 Å². The summed E-state index contributed by atoms with van der Waals surface area (Å²) in [7, 11) is 0. The first-order valence-corrected chi connectivity index (χ1v) is 7.07. The quantitative estimate of drug-likeness (QED) is 0.702. The van der Waals surface area contributed by atoms with E-state index in [1.165, 1.54) is 6.42 Å². The van der Waals surface area contributed by atoms with Gasteiger partial charge in [0.2, 0.25) is 17.8 Å². The third-order valence-corrected chi connectivity index (χ3v) is 2.93. The van der Waals surface area contributed by atoms with E-state index in [2.05, 4.69) is 52.9 Å². The van der Waals surface area contributed by atoms with Gasteiger partial charge in [-0.3, -0.25) is 0 Å². The number of nitrogens with one attached hydrogen (secondary N) is 1. The number of nitrogen functional groups attached to an aromatic ring is 1. The third kappa shape index (κ3) is 5.28. The molecule has 0 saturated heterocycles. The number of hydrogen-bond acceptors (Lipinski definition) is 6. The van der Waals surface area contributed by atoms with Crippen LogP contribution in [0.4, 0.5) is 17.8 Å². The van der Waals surface area contributed by atoms with Crippen LogP contribution in [-0.2, 0) is 0 Å². The molecule has 0 atom stereocenters. The Balaban J connectivity index is 2.63. The largest absolute Gasteiger partial charge is 0.368 e. The van der Waals surface area contributed by atoms with Crippen LogP contribution in [0.15, 0.2) is 0 Å². The van der Waals surface area contributed by atoms with Crippen molar-refractivity contribution >= 4 is 17.8 Å². The monoisotopic (exact) mass is 266 g/mol. The van der Waals surface area contributed by atoms with Gasteiger partial charge < -0.3 is 16.0 Å². The summed E-state index contributed by atoms with van der Waals surface area (Å²) in [5.74, 6) is 2.20. The molecule has 0 aliphatic rings. The molecule has 1 aromatic rings. The molecule has 0 amide bonds. The minimum absolute atomic E-state index is 0.267. The lowest BCUT2D eigenvalue weighted by atomic mass is 10.1. The van der Waals surface area contributed by atoms with Crippen LogP contribution in [-0.4, -0.2) is 34.6 Å². The van der Waals surface area contributed by atoms with Crippen molar-refractivity contribution in [3.63, 3.8) is 0 Å². The summed E-state index contributed by atoms with van der Waals surface area (Å²) < 4.78 is 0. The first kappa shape index (κ1) is 15.5. The second kappa shape index (κ2) is 7.76. The van der Waals surface area contributed by atoms with Crippen molar-refractivity contribution in [1.82, 2.24) is 15.0 Å². The molecule has 0 aliphatic carbocycles. The molecule has 3 N–H and O–H groups in total. The zero-order chi connectivity index (χ0) is 14.3. The normalized spacial score (nSPS) is 10.8. The maximum absolute atomic E-state index is 5.73. The smallest absolute Gasteiger partial charge is 0.231 e. The molecule has 0 spiro atoms. The second-order valence-corrected chi connectivity index (χ2v) is 4.95. The van der Waals surface area contributed by atoms with Gasteiger partial charge in [0.05, 0.1) is 0 Å². The molecule has 0 radical (unpaired) electrons. The zero-order valence-corrected chi connectivity index (χ0v) is 12.5. The maximum atomic E-state index is 5.73. The van der Waals surface area contributed by atoms with Crippen molar-refractivity contribution in [1.29, 1.82) is 0 Å². The van der Waals surface area contributed by atoms with Crippen LogP contribution in [0.5, 0.6) is 0 Å². The third-order valence-electron chi connectivity index (χ3n) is 2.93. The van der Waals surface area contributed by atoms with Crippen molar-refractivity contribution in [2.75, 3.05) is 35.6 Å². The fourth-order valence-electron chi connectivity index (χ4n) is 1.82. The predicted octanol–water partition coefficient (Wildman–Crippen LogP) is 2.15. The molecule has 6 heteroatoms. The summed E-state index contributed by atoms with van der Waals surface area (Å²) in [6.45, 7) is 11.1. The van der Waals surface area contributed by atoms with E-state index in [4.69, 9.17) is 5.73 Å². The van der Waals surface area contributed by atoms with Gasteiger partial charge in [-0.2, -0.15) is 15.0 Å². The van der Waals surface area contributed by atoms with Gasteiger partial charge in [-0.05, 0) is 32.6 Å². The Bertz CT molecular complexity index is 375. The molecule has 108 valence electrons.